The minimum atomic E-state index is 0.752. The van der Waals surface area contributed by atoms with Crippen LogP contribution in [0.15, 0.2) is 0 Å². The van der Waals surface area contributed by atoms with Gasteiger partial charge >= 0.3 is 0 Å². The third kappa shape index (κ3) is 4.80. The minimum absolute atomic E-state index is 0.752. The van der Waals surface area contributed by atoms with Crippen molar-refractivity contribution < 1.29 is 0 Å². The number of piperidine rings is 2. The van der Waals surface area contributed by atoms with Gasteiger partial charge in [-0.05, 0) is 103 Å². The Morgan fingerprint density at radius 2 is 0.880 bits per heavy atom. The summed E-state index contributed by atoms with van der Waals surface area (Å²) in [4.78, 5) is 5.36. The fourth-order valence-corrected chi connectivity index (χ4v) is 5.99. The molecular formula is C23H44N2. The van der Waals surface area contributed by atoms with Gasteiger partial charge in [-0.1, -0.05) is 19.3 Å². The monoisotopic (exact) mass is 348 g/mol. The number of hydrogen-bond acceptors (Lipinski definition) is 2. The third-order valence-electron chi connectivity index (χ3n) is 7.92. The Morgan fingerprint density at radius 3 is 1.20 bits per heavy atom. The Morgan fingerprint density at radius 1 is 0.520 bits per heavy atom. The number of rotatable bonds is 2. The van der Waals surface area contributed by atoms with Crippen LogP contribution in [0.2, 0.25) is 0 Å². The molecule has 2 spiro atoms. The van der Waals surface area contributed by atoms with Crippen LogP contribution in [-0.4, -0.2) is 48.1 Å². The van der Waals surface area contributed by atoms with Gasteiger partial charge in [0.2, 0.25) is 0 Å². The van der Waals surface area contributed by atoms with Crippen molar-refractivity contribution in [2.75, 3.05) is 26.2 Å². The molecule has 0 aromatic heterocycles. The molecule has 2 saturated carbocycles. The van der Waals surface area contributed by atoms with E-state index < -0.39 is 0 Å². The summed E-state index contributed by atoms with van der Waals surface area (Å²) < 4.78 is 0. The van der Waals surface area contributed by atoms with Crippen molar-refractivity contribution in [3.05, 3.63) is 0 Å². The number of likely N-dealkylation sites (tertiary alicyclic amines) is 2. The molecule has 4 aliphatic rings. The average molecular weight is 349 g/mol. The van der Waals surface area contributed by atoms with E-state index >= 15 is 0 Å². The van der Waals surface area contributed by atoms with Gasteiger partial charge in [0, 0.05) is 25.2 Å². The Hall–Kier alpha value is -0.0800. The van der Waals surface area contributed by atoms with E-state index in [-0.39, 0.29) is 0 Å². The van der Waals surface area contributed by atoms with E-state index in [1.807, 2.05) is 0 Å². The molecule has 0 radical (unpaired) electrons. The molecule has 0 bridgehead atoms. The van der Waals surface area contributed by atoms with E-state index in [1.165, 1.54) is 96.8 Å². The Bertz CT molecular complexity index is 404. The van der Waals surface area contributed by atoms with Gasteiger partial charge in [0.1, 0.15) is 0 Å². The van der Waals surface area contributed by atoms with E-state index in [0.717, 1.165) is 22.9 Å². The maximum atomic E-state index is 2.69. The van der Waals surface area contributed by atoms with Crippen LogP contribution < -0.4 is 0 Å². The van der Waals surface area contributed by atoms with Crippen molar-refractivity contribution in [2.24, 2.45) is 10.8 Å². The third-order valence-corrected chi connectivity index (χ3v) is 7.92. The van der Waals surface area contributed by atoms with Crippen molar-refractivity contribution in [1.29, 1.82) is 0 Å². The van der Waals surface area contributed by atoms with Crippen LogP contribution in [0.25, 0.3) is 0 Å². The zero-order valence-corrected chi connectivity index (χ0v) is 17.7. The molecule has 146 valence electrons. The molecule has 2 aliphatic carbocycles. The Labute approximate surface area is 157 Å². The van der Waals surface area contributed by atoms with Gasteiger partial charge in [-0.3, -0.25) is 0 Å². The van der Waals surface area contributed by atoms with Gasteiger partial charge in [0.05, 0.1) is 0 Å². The van der Waals surface area contributed by atoms with Gasteiger partial charge in [-0.2, -0.15) is 0 Å². The molecule has 0 atom stereocenters. The fourth-order valence-electron chi connectivity index (χ4n) is 5.99. The SMILES string of the molecule is CC(C)N1CCCC2(CCC2)C1.CC(C)N1CCCC2(CCCC2)C1. The molecule has 0 N–H and O–H groups in total. The predicted molar refractivity (Wildman–Crippen MR) is 109 cm³/mol. The molecule has 0 aromatic rings. The van der Waals surface area contributed by atoms with Gasteiger partial charge in [-0.15, -0.1) is 0 Å². The van der Waals surface area contributed by atoms with Gasteiger partial charge in [0.25, 0.3) is 0 Å². The standard InChI is InChI=1S/C12H23N.C11H21N/c1-11(2)13-9-5-8-12(10-13)6-3-4-7-12;1-10(2)12-8-4-7-11(9-12)5-3-6-11/h11H,3-10H2,1-2H3;10H,3-9H2,1-2H3. The largest absolute Gasteiger partial charge is 0.300 e. The summed E-state index contributed by atoms with van der Waals surface area (Å²) in [6.45, 7) is 14.8. The highest BCUT2D eigenvalue weighted by Gasteiger charge is 2.40. The summed E-state index contributed by atoms with van der Waals surface area (Å²) in [6, 6.07) is 1.53. The van der Waals surface area contributed by atoms with Crippen LogP contribution in [-0.2, 0) is 0 Å². The summed E-state index contributed by atoms with van der Waals surface area (Å²) >= 11 is 0. The first-order chi connectivity index (χ1) is 11.9. The van der Waals surface area contributed by atoms with Gasteiger partial charge < -0.3 is 9.80 Å². The van der Waals surface area contributed by atoms with Crippen LogP contribution in [0.3, 0.4) is 0 Å². The maximum Gasteiger partial charge on any atom is 0.00407 e. The van der Waals surface area contributed by atoms with Crippen molar-refractivity contribution in [2.45, 2.75) is 110 Å². The first kappa shape index (κ1) is 19.7. The van der Waals surface area contributed by atoms with Gasteiger partial charge in [0.15, 0.2) is 0 Å². The molecule has 2 nitrogen and oxygen atoms in total. The molecule has 25 heavy (non-hydrogen) atoms. The van der Waals surface area contributed by atoms with E-state index in [9.17, 15) is 0 Å². The zero-order chi connectivity index (χ0) is 17.9. The van der Waals surface area contributed by atoms with Crippen LogP contribution in [0.4, 0.5) is 0 Å². The van der Waals surface area contributed by atoms with Crippen molar-refractivity contribution in [3.63, 3.8) is 0 Å². The highest BCUT2D eigenvalue weighted by Crippen LogP contribution is 2.47. The topological polar surface area (TPSA) is 6.48 Å². The number of nitrogens with zero attached hydrogens (tertiary/aromatic N) is 2. The lowest BCUT2D eigenvalue weighted by Gasteiger charge is -2.50. The van der Waals surface area contributed by atoms with Crippen molar-refractivity contribution in [3.8, 4) is 0 Å². The Balaban J connectivity index is 0.000000146. The molecule has 2 saturated heterocycles. The Kier molecular flexibility index (Phi) is 6.53. The van der Waals surface area contributed by atoms with E-state index in [4.69, 9.17) is 0 Å². The van der Waals surface area contributed by atoms with Crippen molar-refractivity contribution in [1.82, 2.24) is 9.80 Å². The summed E-state index contributed by atoms with van der Waals surface area (Å²) in [5.41, 5.74) is 1.53. The fraction of sp³-hybridized carbons (Fsp3) is 1.00. The average Bonchev–Trinajstić information content (AvgIpc) is 3.01. The second kappa shape index (κ2) is 8.30. The summed E-state index contributed by atoms with van der Waals surface area (Å²) in [5.74, 6) is 0. The highest BCUT2D eigenvalue weighted by molar-refractivity contribution is 4.94. The lowest BCUT2D eigenvalue weighted by atomic mass is 9.64. The normalized spacial score (nSPS) is 29.0. The van der Waals surface area contributed by atoms with Crippen LogP contribution in [0.5, 0.6) is 0 Å². The zero-order valence-electron chi connectivity index (χ0n) is 17.7. The van der Waals surface area contributed by atoms with E-state index in [1.54, 1.807) is 0 Å². The maximum absolute atomic E-state index is 2.69. The molecule has 0 aromatic carbocycles. The quantitative estimate of drug-likeness (QED) is 0.630. The van der Waals surface area contributed by atoms with Crippen LogP contribution in [0.1, 0.15) is 98.3 Å². The summed E-state index contributed by atoms with van der Waals surface area (Å²) in [6.07, 6.45) is 16.4. The molecule has 4 rings (SSSR count). The van der Waals surface area contributed by atoms with Crippen molar-refractivity contribution >= 4 is 0 Å². The second-order valence-electron chi connectivity index (χ2n) is 10.4. The van der Waals surface area contributed by atoms with Crippen LogP contribution in [0, 0.1) is 10.8 Å². The lowest BCUT2D eigenvalue weighted by molar-refractivity contribution is 0.00642. The molecule has 2 heterocycles. The smallest absolute Gasteiger partial charge is 0.00407 e. The molecule has 4 fully saturated rings. The molecule has 2 aliphatic heterocycles. The molecule has 0 amide bonds. The first-order valence-corrected chi connectivity index (χ1v) is 11.4. The van der Waals surface area contributed by atoms with Gasteiger partial charge in [-0.25, -0.2) is 0 Å². The predicted octanol–water partition coefficient (Wildman–Crippen LogP) is 5.71. The van der Waals surface area contributed by atoms with Crippen LogP contribution >= 0.6 is 0 Å². The minimum Gasteiger partial charge on any atom is -0.300 e. The molecular weight excluding hydrogens is 304 g/mol. The van der Waals surface area contributed by atoms with E-state index in [0.29, 0.717) is 0 Å². The first-order valence-electron chi connectivity index (χ1n) is 11.4. The molecule has 0 unspecified atom stereocenters. The second-order valence-corrected chi connectivity index (χ2v) is 10.4. The lowest BCUT2D eigenvalue weighted by Crippen LogP contribution is -2.49. The molecule has 2 heteroatoms. The highest BCUT2D eigenvalue weighted by atomic mass is 15.2. The number of hydrogen-bond donors (Lipinski definition) is 0. The summed E-state index contributed by atoms with van der Waals surface area (Å²) in [7, 11) is 0. The summed E-state index contributed by atoms with van der Waals surface area (Å²) in [5, 5.41) is 0. The van der Waals surface area contributed by atoms with E-state index in [2.05, 4.69) is 37.5 Å².